The Bertz CT molecular complexity index is 555. The molecule has 6 rings (SSSR count). The lowest BCUT2D eigenvalue weighted by Gasteiger charge is -2.49. The lowest BCUT2D eigenvalue weighted by atomic mass is 9.83. The number of para-hydroxylation sites is 1. The van der Waals surface area contributed by atoms with Crippen LogP contribution in [0.25, 0.3) is 0 Å². The number of anilines is 2. The van der Waals surface area contributed by atoms with Crippen molar-refractivity contribution in [2.45, 2.75) is 25.4 Å². The van der Waals surface area contributed by atoms with Crippen molar-refractivity contribution in [3.8, 4) is 0 Å². The van der Waals surface area contributed by atoms with Crippen molar-refractivity contribution >= 4 is 23.5 Å². The van der Waals surface area contributed by atoms with Gasteiger partial charge in [0.2, 0.25) is 0 Å². The van der Waals surface area contributed by atoms with Gasteiger partial charge in [0.05, 0.1) is 23.5 Å². The minimum atomic E-state index is 0.779. The molecular weight excluding hydrogens is 280 g/mol. The molecular formula is C16H22N4S. The molecule has 112 valence electrons. The maximum Gasteiger partial charge on any atom is 0.0772 e. The molecule has 1 aromatic rings. The highest BCUT2D eigenvalue weighted by atomic mass is 32.2. The molecule has 5 aliphatic heterocycles. The van der Waals surface area contributed by atoms with E-state index in [4.69, 9.17) is 0 Å². The molecule has 0 aliphatic carbocycles. The van der Waals surface area contributed by atoms with Gasteiger partial charge in [0.15, 0.2) is 0 Å². The number of hydrogen-bond donors (Lipinski definition) is 1. The van der Waals surface area contributed by atoms with E-state index in [1.165, 1.54) is 56.0 Å². The van der Waals surface area contributed by atoms with Gasteiger partial charge >= 0.3 is 0 Å². The molecule has 0 aromatic heterocycles. The molecule has 4 nitrogen and oxygen atoms in total. The predicted octanol–water partition coefficient (Wildman–Crippen LogP) is 2.39. The summed E-state index contributed by atoms with van der Waals surface area (Å²) in [4.78, 5) is 5.44. The Hall–Kier alpha value is -0.910. The Balaban J connectivity index is 1.45. The van der Waals surface area contributed by atoms with Crippen molar-refractivity contribution in [3.63, 3.8) is 0 Å². The minimum absolute atomic E-state index is 0.779. The molecule has 0 saturated carbocycles. The summed E-state index contributed by atoms with van der Waals surface area (Å²) in [6.07, 6.45) is 2.82. The van der Waals surface area contributed by atoms with Crippen molar-refractivity contribution < 1.29 is 0 Å². The van der Waals surface area contributed by atoms with E-state index in [9.17, 15) is 0 Å². The van der Waals surface area contributed by atoms with Gasteiger partial charge in [-0.2, -0.15) is 0 Å². The summed E-state index contributed by atoms with van der Waals surface area (Å²) in [7, 11) is 0. The molecule has 1 atom stereocenters. The monoisotopic (exact) mass is 302 g/mol. The Morgan fingerprint density at radius 2 is 2.00 bits per heavy atom. The zero-order valence-electron chi connectivity index (χ0n) is 12.3. The summed E-state index contributed by atoms with van der Waals surface area (Å²) in [6, 6.07) is 7.50. The third kappa shape index (κ3) is 1.98. The quantitative estimate of drug-likeness (QED) is 0.802. The highest BCUT2D eigenvalue weighted by Crippen LogP contribution is 2.44. The number of rotatable bonds is 1. The van der Waals surface area contributed by atoms with E-state index in [-0.39, 0.29) is 0 Å². The zero-order chi connectivity index (χ0) is 13.8. The summed E-state index contributed by atoms with van der Waals surface area (Å²) < 4.78 is 5.90. The molecule has 1 aromatic carbocycles. The van der Waals surface area contributed by atoms with Crippen LogP contribution in [0.3, 0.4) is 0 Å². The van der Waals surface area contributed by atoms with Gasteiger partial charge in [-0.15, -0.1) is 0 Å². The van der Waals surface area contributed by atoms with Gasteiger partial charge in [-0.3, -0.25) is 9.21 Å². The normalized spacial score (nSPS) is 34.5. The molecule has 5 heteroatoms. The summed E-state index contributed by atoms with van der Waals surface area (Å²) in [5.74, 6) is 0.932. The van der Waals surface area contributed by atoms with Crippen LogP contribution in [0.1, 0.15) is 18.4 Å². The molecule has 1 N–H and O–H groups in total. The number of nitrogens with zero attached hydrogens (tertiary/aromatic N) is 3. The van der Waals surface area contributed by atoms with Crippen LogP contribution in [-0.2, 0) is 6.54 Å². The molecule has 5 heterocycles. The molecule has 21 heavy (non-hydrogen) atoms. The van der Waals surface area contributed by atoms with Gasteiger partial charge in [-0.05, 0) is 43.5 Å². The molecule has 3 fully saturated rings. The van der Waals surface area contributed by atoms with Crippen LogP contribution in [0.15, 0.2) is 18.2 Å². The van der Waals surface area contributed by atoms with Gasteiger partial charge in [0.25, 0.3) is 0 Å². The van der Waals surface area contributed by atoms with Crippen LogP contribution in [0, 0.1) is 5.92 Å². The van der Waals surface area contributed by atoms with Crippen LogP contribution in [0.4, 0.5) is 11.4 Å². The summed E-state index contributed by atoms with van der Waals surface area (Å²) >= 11 is 1.76. The van der Waals surface area contributed by atoms with Crippen molar-refractivity contribution in [2.75, 3.05) is 41.8 Å². The van der Waals surface area contributed by atoms with E-state index in [0.717, 1.165) is 25.0 Å². The molecule has 5 aliphatic rings. The largest absolute Gasteiger partial charge is 0.310 e. The Labute approximate surface area is 130 Å². The maximum atomic E-state index is 3.45. The van der Waals surface area contributed by atoms with Crippen molar-refractivity contribution in [2.24, 2.45) is 5.92 Å². The lowest BCUT2D eigenvalue weighted by Crippen LogP contribution is -2.57. The highest BCUT2D eigenvalue weighted by Gasteiger charge is 2.39. The van der Waals surface area contributed by atoms with E-state index < -0.39 is 0 Å². The number of benzene rings is 1. The Kier molecular flexibility index (Phi) is 2.88. The van der Waals surface area contributed by atoms with E-state index in [2.05, 4.69) is 37.0 Å². The first kappa shape index (κ1) is 12.6. The first-order valence-electron chi connectivity index (χ1n) is 8.17. The molecule has 2 bridgehead atoms. The first-order chi connectivity index (χ1) is 10.4. The zero-order valence-corrected chi connectivity index (χ0v) is 13.1. The topological polar surface area (TPSA) is 21.8 Å². The fourth-order valence-electron chi connectivity index (χ4n) is 4.55. The second-order valence-corrected chi connectivity index (χ2v) is 7.61. The number of fused-ring (bicyclic) bond motifs is 3. The summed E-state index contributed by atoms with van der Waals surface area (Å²) in [5, 5.41) is 0. The fourth-order valence-corrected chi connectivity index (χ4v) is 5.40. The van der Waals surface area contributed by atoms with Crippen molar-refractivity contribution in [3.05, 3.63) is 23.8 Å². The van der Waals surface area contributed by atoms with E-state index >= 15 is 0 Å². The Morgan fingerprint density at radius 3 is 2.81 bits per heavy atom. The number of nitrogens with one attached hydrogen (secondary N) is 1. The van der Waals surface area contributed by atoms with Crippen LogP contribution < -0.4 is 9.03 Å². The van der Waals surface area contributed by atoms with Gasteiger partial charge in [0.1, 0.15) is 0 Å². The SMILES string of the molecule is c1cc2c3c(c1)NSN3CCN([C@@H]1CN3CCC1CC3)C2. The first-order valence-corrected chi connectivity index (χ1v) is 8.94. The van der Waals surface area contributed by atoms with E-state index in [1.54, 1.807) is 12.1 Å². The van der Waals surface area contributed by atoms with Gasteiger partial charge in [0, 0.05) is 32.2 Å². The minimum Gasteiger partial charge on any atom is -0.310 e. The molecule has 0 unspecified atom stereocenters. The van der Waals surface area contributed by atoms with Crippen LogP contribution in [0.2, 0.25) is 0 Å². The smallest absolute Gasteiger partial charge is 0.0772 e. The van der Waals surface area contributed by atoms with Crippen LogP contribution in [0.5, 0.6) is 0 Å². The van der Waals surface area contributed by atoms with Gasteiger partial charge < -0.3 is 9.62 Å². The lowest BCUT2D eigenvalue weighted by molar-refractivity contribution is 0.00378. The standard InChI is InChI=1S/C16H22N4S/c1-2-13-10-19(15-11-18-6-4-12(15)5-7-18)8-9-20-16(13)14(3-1)17-21-20/h1-3,12,15,17H,4-11H2/t15-/m1/s1. The molecule has 0 radical (unpaired) electrons. The maximum absolute atomic E-state index is 3.45. The average molecular weight is 302 g/mol. The second kappa shape index (κ2) is 4.80. The third-order valence-corrected chi connectivity index (χ3v) is 6.59. The molecule has 3 saturated heterocycles. The molecule has 0 spiro atoms. The van der Waals surface area contributed by atoms with Gasteiger partial charge in [-0.1, -0.05) is 12.1 Å². The van der Waals surface area contributed by atoms with Crippen molar-refractivity contribution in [1.29, 1.82) is 0 Å². The molecule has 0 amide bonds. The highest BCUT2D eigenvalue weighted by molar-refractivity contribution is 8.02. The predicted molar refractivity (Wildman–Crippen MR) is 88.4 cm³/mol. The number of piperidine rings is 3. The van der Waals surface area contributed by atoms with Gasteiger partial charge in [-0.25, -0.2) is 0 Å². The summed E-state index contributed by atoms with van der Waals surface area (Å²) in [6.45, 7) is 7.41. The fraction of sp³-hybridized carbons (Fsp3) is 0.625. The van der Waals surface area contributed by atoms with Crippen LogP contribution >= 0.6 is 12.1 Å². The van der Waals surface area contributed by atoms with Crippen molar-refractivity contribution in [1.82, 2.24) is 9.80 Å². The average Bonchev–Trinajstić information content (AvgIpc) is 2.86. The number of hydrogen-bond acceptors (Lipinski definition) is 5. The van der Waals surface area contributed by atoms with E-state index in [1.807, 2.05) is 0 Å². The second-order valence-electron chi connectivity index (χ2n) is 6.78. The third-order valence-electron chi connectivity index (χ3n) is 5.69. The Morgan fingerprint density at radius 1 is 1.10 bits per heavy atom. The van der Waals surface area contributed by atoms with E-state index in [0.29, 0.717) is 0 Å². The van der Waals surface area contributed by atoms with Crippen LogP contribution in [-0.4, -0.2) is 48.6 Å². The summed E-state index contributed by atoms with van der Waals surface area (Å²) in [5.41, 5.74) is 4.23.